The van der Waals surface area contributed by atoms with E-state index in [-0.39, 0.29) is 43.8 Å². The average Bonchev–Trinajstić information content (AvgIpc) is 3.70. The molecule has 18 heteroatoms. The van der Waals surface area contributed by atoms with Crippen LogP contribution in [-0.4, -0.2) is 107 Å². The molecule has 4 fully saturated rings. The van der Waals surface area contributed by atoms with Gasteiger partial charge >= 0.3 is 6.09 Å². The van der Waals surface area contributed by atoms with Crippen molar-refractivity contribution >= 4 is 35.2 Å². The Labute approximate surface area is 360 Å². The monoisotopic (exact) mass is 872 g/mol. The van der Waals surface area contributed by atoms with E-state index in [9.17, 15) is 34.2 Å². The number of aliphatic hydroxyl groups is 2. The van der Waals surface area contributed by atoms with E-state index in [1.54, 1.807) is 45.0 Å². The number of fused-ring (bicyclic) bond motifs is 7. The highest BCUT2D eigenvalue weighted by Crippen LogP contribution is 2.72. The zero-order valence-corrected chi connectivity index (χ0v) is 36.0. The van der Waals surface area contributed by atoms with E-state index in [2.05, 4.69) is 21.3 Å². The number of anilines is 1. The van der Waals surface area contributed by atoms with Gasteiger partial charge in [-0.15, -0.1) is 0 Å². The number of nitrogens with one attached hydrogen (secondary N) is 4. The van der Waals surface area contributed by atoms with Crippen molar-refractivity contribution in [3.05, 3.63) is 53.6 Å². The van der Waals surface area contributed by atoms with E-state index in [4.69, 9.17) is 25.7 Å². The molecule has 0 spiro atoms. The van der Waals surface area contributed by atoms with Crippen LogP contribution in [-0.2, 0) is 40.0 Å². The SMILES string of the molecule is CCCC1O[C@@H]2C[C@H]3[C@@H]4C[C@H](F)C5=CC(=O)C=C[C@]5(C)[C@@]4(F)[C@@H](O)C[C@]3(C)[C@]2(C(=O)CNC(=O)OCc2ccc(NC(=O)[C@H](CCCNC(N)O)NC(=O)[C@@H](N)C(C)C)cc2)O1. The second-order valence-corrected chi connectivity index (χ2v) is 18.2. The van der Waals surface area contributed by atoms with Crippen LogP contribution in [0.25, 0.3) is 0 Å². The molecule has 0 bridgehead atoms. The first-order valence-electron chi connectivity index (χ1n) is 21.6. The second kappa shape index (κ2) is 18.5. The number of amides is 3. The van der Waals surface area contributed by atoms with E-state index < -0.39 is 113 Å². The van der Waals surface area contributed by atoms with Crippen molar-refractivity contribution in [3.63, 3.8) is 0 Å². The summed E-state index contributed by atoms with van der Waals surface area (Å²) in [4.78, 5) is 65.7. The molecule has 1 aromatic rings. The maximum Gasteiger partial charge on any atom is 0.407 e. The fourth-order valence-electron chi connectivity index (χ4n) is 10.7. The van der Waals surface area contributed by atoms with E-state index in [1.165, 1.54) is 19.1 Å². The highest BCUT2D eigenvalue weighted by Gasteiger charge is 2.80. The number of benzene rings is 1. The number of carbonyl (C=O) groups excluding carboxylic acids is 5. The lowest BCUT2D eigenvalue weighted by molar-refractivity contribution is -0.233. The van der Waals surface area contributed by atoms with Crippen molar-refractivity contribution in [2.45, 2.75) is 141 Å². The number of ether oxygens (including phenoxy) is 3. The predicted molar refractivity (Wildman–Crippen MR) is 222 cm³/mol. The van der Waals surface area contributed by atoms with Crippen molar-refractivity contribution in [2.24, 2.45) is 40.1 Å². The van der Waals surface area contributed by atoms with E-state index >= 15 is 8.78 Å². The molecule has 16 nitrogen and oxygen atoms in total. The van der Waals surface area contributed by atoms with Crippen LogP contribution in [0.15, 0.2) is 48.1 Å². The Morgan fingerprint density at radius 3 is 2.44 bits per heavy atom. The summed E-state index contributed by atoms with van der Waals surface area (Å²) in [6, 6.07) is 4.67. The van der Waals surface area contributed by atoms with E-state index in [1.807, 2.05) is 6.92 Å². The summed E-state index contributed by atoms with van der Waals surface area (Å²) >= 11 is 0. The summed E-state index contributed by atoms with van der Waals surface area (Å²) < 4.78 is 52.1. The molecule has 0 radical (unpaired) electrons. The number of aliphatic hydroxyl groups excluding tert-OH is 2. The Morgan fingerprint density at radius 1 is 1.06 bits per heavy atom. The highest BCUT2D eigenvalue weighted by atomic mass is 19.1. The van der Waals surface area contributed by atoms with E-state index in [0.29, 0.717) is 37.1 Å². The van der Waals surface area contributed by atoms with Gasteiger partial charge in [-0.3, -0.25) is 30.2 Å². The first kappa shape index (κ1) is 47.3. The van der Waals surface area contributed by atoms with Crippen molar-refractivity contribution in [2.75, 3.05) is 18.4 Å². The Bertz CT molecular complexity index is 1930. The van der Waals surface area contributed by atoms with Gasteiger partial charge in [-0.2, -0.15) is 0 Å². The number of nitrogens with two attached hydrogens (primary N) is 2. The Balaban J connectivity index is 1.09. The molecule has 1 aliphatic heterocycles. The van der Waals surface area contributed by atoms with Gasteiger partial charge in [-0.25, -0.2) is 13.6 Å². The number of ketones is 2. The highest BCUT2D eigenvalue weighted by molar-refractivity contribution is 6.01. The Morgan fingerprint density at radius 2 is 1.77 bits per heavy atom. The van der Waals surface area contributed by atoms with Crippen LogP contribution in [0.3, 0.4) is 0 Å². The third kappa shape index (κ3) is 8.58. The number of Topliss-reactive ketones (excluding diaryl/α,β-unsaturated/α-hetero) is 1. The van der Waals surface area contributed by atoms with Gasteiger partial charge < -0.3 is 46.1 Å². The van der Waals surface area contributed by atoms with Gasteiger partial charge in [0.15, 0.2) is 35.5 Å². The topological polar surface area (TPSA) is 254 Å². The lowest BCUT2D eigenvalue weighted by Gasteiger charge is -2.63. The number of allylic oxidation sites excluding steroid dienone is 4. The summed E-state index contributed by atoms with van der Waals surface area (Å²) in [5.41, 5.74) is 5.40. The third-order valence-corrected chi connectivity index (χ3v) is 14.0. The lowest BCUT2D eigenvalue weighted by atomic mass is 9.44. The van der Waals surface area contributed by atoms with Crippen molar-refractivity contribution in [1.82, 2.24) is 16.0 Å². The minimum Gasteiger partial charge on any atom is -0.445 e. The minimum absolute atomic E-state index is 0.00130. The lowest BCUT2D eigenvalue weighted by Crippen LogP contribution is -2.71. The van der Waals surface area contributed by atoms with Crippen LogP contribution in [0.5, 0.6) is 0 Å². The molecular weight excluding hydrogens is 811 g/mol. The van der Waals surface area contributed by atoms with Crippen LogP contribution in [0, 0.1) is 28.6 Å². The van der Waals surface area contributed by atoms with Crippen LogP contribution in [0.2, 0.25) is 0 Å². The quantitative estimate of drug-likeness (QED) is 0.0830. The first-order valence-corrected chi connectivity index (χ1v) is 21.6. The smallest absolute Gasteiger partial charge is 0.407 e. The standard InChI is InChI=1S/C44H62F2N6O10/c1-6-8-35-61-34-19-27-28-18-30(45)29-17-26(53)14-15-41(29,4)43(28,46)32(54)20-42(27,5)44(34,62-35)33(55)21-50-40(59)60-22-24-10-12-25(13-11-24)51-37(56)31(9-7-16-49-39(48)58)52-38(57)36(47)23(2)3/h10-15,17,23,27-28,30-32,34-36,39,49,54,58H,6-9,16,18-22,47-48H2,1-5H3,(H,50,59)(H,51,56)(H,52,57)/t27-,28-,30-,31-,32-,34+,35?,36-,39?,41-,42-,43-,44+/m0/s1. The number of hydrogen-bond donors (Lipinski definition) is 8. The molecule has 3 saturated carbocycles. The maximum atomic E-state index is 17.8. The van der Waals surface area contributed by atoms with E-state index in [0.717, 1.165) is 6.08 Å². The van der Waals surface area contributed by atoms with Crippen LogP contribution < -0.4 is 32.7 Å². The van der Waals surface area contributed by atoms with Gasteiger partial charge in [-0.05, 0) is 99.3 Å². The maximum absolute atomic E-state index is 17.8. The number of halogens is 2. The van der Waals surface area contributed by atoms with Crippen molar-refractivity contribution in [1.29, 1.82) is 0 Å². The van der Waals surface area contributed by atoms with Crippen molar-refractivity contribution < 1.29 is 57.2 Å². The molecule has 5 aliphatic rings. The molecule has 1 saturated heterocycles. The molecule has 62 heavy (non-hydrogen) atoms. The fraction of sp³-hybridized carbons (Fsp3) is 0.659. The van der Waals surface area contributed by atoms with Gasteiger partial charge in [-0.1, -0.05) is 52.3 Å². The molecule has 2 unspecified atom stereocenters. The Hall–Kier alpha value is -4.17. The molecule has 1 heterocycles. The van der Waals surface area contributed by atoms with Crippen LogP contribution >= 0.6 is 0 Å². The minimum atomic E-state index is -2.35. The molecule has 1 aromatic carbocycles. The average molecular weight is 873 g/mol. The van der Waals surface area contributed by atoms with Gasteiger partial charge in [0.2, 0.25) is 11.8 Å². The van der Waals surface area contributed by atoms with Gasteiger partial charge in [0, 0.05) is 22.4 Å². The summed E-state index contributed by atoms with van der Waals surface area (Å²) in [7, 11) is 0. The molecule has 0 aromatic heterocycles. The summed E-state index contributed by atoms with van der Waals surface area (Å²) in [6.07, 6.45) is -1.93. The molecule has 6 rings (SSSR count). The fourth-order valence-corrected chi connectivity index (χ4v) is 10.7. The number of rotatable bonds is 17. The largest absolute Gasteiger partial charge is 0.445 e. The van der Waals surface area contributed by atoms with Crippen LogP contribution in [0.4, 0.5) is 19.3 Å². The van der Waals surface area contributed by atoms with Gasteiger partial charge in [0.25, 0.3) is 0 Å². The molecule has 342 valence electrons. The second-order valence-electron chi connectivity index (χ2n) is 18.2. The molecule has 13 atom stereocenters. The Kier molecular flexibility index (Phi) is 14.1. The zero-order valence-electron chi connectivity index (χ0n) is 36.0. The number of alkyl halides is 2. The molecule has 4 aliphatic carbocycles. The normalized spacial score (nSPS) is 34.8. The molecule has 3 amide bonds. The molecule has 10 N–H and O–H groups in total. The van der Waals surface area contributed by atoms with Crippen molar-refractivity contribution in [3.8, 4) is 0 Å². The predicted octanol–water partition coefficient (Wildman–Crippen LogP) is 2.70. The van der Waals surface area contributed by atoms with Gasteiger partial charge in [0.1, 0.15) is 18.8 Å². The van der Waals surface area contributed by atoms with Crippen LogP contribution in [0.1, 0.15) is 85.1 Å². The number of hydrogen-bond acceptors (Lipinski definition) is 13. The summed E-state index contributed by atoms with van der Waals surface area (Å²) in [5, 5.41) is 31.7. The number of alkyl carbamates (subject to hydrolysis) is 1. The zero-order chi connectivity index (χ0) is 45.4. The van der Waals surface area contributed by atoms with Gasteiger partial charge in [0.05, 0.1) is 24.8 Å². The summed E-state index contributed by atoms with van der Waals surface area (Å²) in [6.45, 7) is 8.35. The summed E-state index contributed by atoms with van der Waals surface area (Å²) in [5.74, 6) is -3.83. The molecular formula is C44H62F2N6O10. The number of carbonyl (C=O) groups is 5. The first-order chi connectivity index (χ1) is 29.2. The third-order valence-electron chi connectivity index (χ3n) is 14.0.